The van der Waals surface area contributed by atoms with Crippen LogP contribution >= 0.6 is 12.2 Å². The van der Waals surface area contributed by atoms with Gasteiger partial charge in [-0.15, -0.1) is 0 Å². The Bertz CT molecular complexity index is 622. The van der Waals surface area contributed by atoms with Gasteiger partial charge in [0.05, 0.1) is 0 Å². The smallest absolute Gasteiger partial charge is 0.320 e. The van der Waals surface area contributed by atoms with Crippen LogP contribution < -0.4 is 16.4 Å². The Morgan fingerprint density at radius 2 is 1.96 bits per heavy atom. The molecule has 1 unspecified atom stereocenters. The van der Waals surface area contributed by atoms with Gasteiger partial charge >= 0.3 is 5.97 Å². The van der Waals surface area contributed by atoms with E-state index in [1.54, 1.807) is 12.1 Å². The van der Waals surface area contributed by atoms with Crippen molar-refractivity contribution in [3.8, 4) is 5.75 Å². The quantitative estimate of drug-likeness (QED) is 0.419. The number of amides is 1. The van der Waals surface area contributed by atoms with Crippen molar-refractivity contribution in [1.82, 2.24) is 15.5 Å². The van der Waals surface area contributed by atoms with Gasteiger partial charge in [0.25, 0.3) is 0 Å². The number of carboxylic acids is 1. The highest BCUT2D eigenvalue weighted by molar-refractivity contribution is 7.80. The number of nitrogens with two attached hydrogens (primary N) is 1. The number of carbonyl (C=O) groups excluding carboxylic acids is 1. The number of phenols is 1. The zero-order valence-electron chi connectivity index (χ0n) is 14.9. The molecular formula is C17H26N4O4S. The minimum absolute atomic E-state index is 0.00348. The third-order valence-electron chi connectivity index (χ3n) is 3.67. The molecule has 1 aromatic carbocycles. The second kappa shape index (κ2) is 10.7. The molecule has 6 N–H and O–H groups in total. The van der Waals surface area contributed by atoms with Gasteiger partial charge in [-0.25, -0.2) is 0 Å². The van der Waals surface area contributed by atoms with Crippen LogP contribution in [0.5, 0.6) is 5.75 Å². The first-order valence-electron chi connectivity index (χ1n) is 8.21. The van der Waals surface area contributed by atoms with E-state index in [2.05, 4.69) is 15.5 Å². The summed E-state index contributed by atoms with van der Waals surface area (Å²) in [6, 6.07) is 5.31. The predicted octanol–water partition coefficient (Wildman–Crippen LogP) is 0.0477. The first kappa shape index (κ1) is 21.8. The lowest BCUT2D eigenvalue weighted by Crippen LogP contribution is -2.32. The van der Waals surface area contributed by atoms with Crippen molar-refractivity contribution in [2.24, 2.45) is 5.73 Å². The van der Waals surface area contributed by atoms with Crippen LogP contribution in [-0.4, -0.2) is 64.8 Å². The molecule has 2 atom stereocenters. The maximum Gasteiger partial charge on any atom is 0.320 e. The minimum Gasteiger partial charge on any atom is -0.508 e. The summed E-state index contributed by atoms with van der Waals surface area (Å²) < 4.78 is 0. The lowest BCUT2D eigenvalue weighted by atomic mass is 10.1. The predicted molar refractivity (Wildman–Crippen MR) is 103 cm³/mol. The number of nitrogens with one attached hydrogen (secondary N) is 2. The summed E-state index contributed by atoms with van der Waals surface area (Å²) in [7, 11) is 4.04. The van der Waals surface area contributed by atoms with E-state index in [-0.39, 0.29) is 24.1 Å². The molecule has 0 radical (unpaired) electrons. The van der Waals surface area contributed by atoms with Crippen LogP contribution in [0.1, 0.15) is 18.4 Å². The summed E-state index contributed by atoms with van der Waals surface area (Å²) in [5.74, 6) is -0.857. The zero-order chi connectivity index (χ0) is 19.7. The zero-order valence-corrected chi connectivity index (χ0v) is 15.8. The second-order valence-corrected chi connectivity index (χ2v) is 6.68. The van der Waals surface area contributed by atoms with Crippen molar-refractivity contribution in [3.05, 3.63) is 29.8 Å². The molecule has 0 bridgehead atoms. The van der Waals surface area contributed by atoms with Crippen LogP contribution in [0.15, 0.2) is 24.3 Å². The Balaban J connectivity index is 0.000000260. The molecule has 144 valence electrons. The molecule has 1 heterocycles. The van der Waals surface area contributed by atoms with E-state index in [9.17, 15) is 9.59 Å². The lowest BCUT2D eigenvalue weighted by Gasteiger charge is -2.11. The van der Waals surface area contributed by atoms with Gasteiger partial charge in [-0.1, -0.05) is 12.1 Å². The second-order valence-electron chi connectivity index (χ2n) is 6.28. The van der Waals surface area contributed by atoms with Crippen molar-refractivity contribution >= 4 is 29.2 Å². The fourth-order valence-corrected chi connectivity index (χ4v) is 2.49. The van der Waals surface area contributed by atoms with E-state index in [4.69, 9.17) is 28.2 Å². The van der Waals surface area contributed by atoms with Crippen LogP contribution in [0.2, 0.25) is 0 Å². The standard InChI is InChI=1S/C9H11NO3.C8H15N3OS/c10-8(9(12)13)5-6-1-3-7(11)4-2-6;1-11(2)5-3-4-6-7(12)10-8(13)9-6/h1-4,8,11H,5,10H2,(H,12,13);6H,3-5H2,1-2H3,(H2,9,10,12,13)/t8-;/m0./s1. The van der Waals surface area contributed by atoms with Gasteiger partial charge < -0.3 is 31.5 Å². The first-order valence-corrected chi connectivity index (χ1v) is 8.62. The maximum absolute atomic E-state index is 11.2. The molecule has 8 nitrogen and oxygen atoms in total. The number of hydrogen-bond donors (Lipinski definition) is 5. The molecule has 1 aromatic rings. The third kappa shape index (κ3) is 8.24. The maximum atomic E-state index is 11.2. The number of hydrogen-bond acceptors (Lipinski definition) is 6. The largest absolute Gasteiger partial charge is 0.508 e. The van der Waals surface area contributed by atoms with Gasteiger partial charge in [0.15, 0.2) is 5.11 Å². The van der Waals surface area contributed by atoms with E-state index >= 15 is 0 Å². The van der Waals surface area contributed by atoms with Crippen molar-refractivity contribution in [2.75, 3.05) is 20.6 Å². The summed E-state index contributed by atoms with van der Waals surface area (Å²) in [5.41, 5.74) is 6.12. The fourth-order valence-electron chi connectivity index (χ4n) is 2.25. The highest BCUT2D eigenvalue weighted by Crippen LogP contribution is 2.10. The summed E-state index contributed by atoms with van der Waals surface area (Å²) in [5, 5.41) is 23.4. The van der Waals surface area contributed by atoms with Gasteiger partial charge in [0, 0.05) is 0 Å². The normalized spacial score (nSPS) is 17.2. The molecule has 2 rings (SSSR count). The van der Waals surface area contributed by atoms with Gasteiger partial charge in [0.1, 0.15) is 17.8 Å². The number of rotatable bonds is 7. The van der Waals surface area contributed by atoms with Crippen LogP contribution in [0.4, 0.5) is 0 Å². The van der Waals surface area contributed by atoms with Gasteiger partial charge in [-0.2, -0.15) is 0 Å². The van der Waals surface area contributed by atoms with E-state index in [0.717, 1.165) is 24.9 Å². The van der Waals surface area contributed by atoms with Crippen molar-refractivity contribution in [1.29, 1.82) is 0 Å². The van der Waals surface area contributed by atoms with Crippen LogP contribution in [0.3, 0.4) is 0 Å². The summed E-state index contributed by atoms with van der Waals surface area (Å²) in [4.78, 5) is 23.7. The number of thiocarbonyl (C=S) groups is 1. The monoisotopic (exact) mass is 382 g/mol. The van der Waals surface area contributed by atoms with Crippen molar-refractivity contribution in [2.45, 2.75) is 31.3 Å². The Morgan fingerprint density at radius 1 is 1.35 bits per heavy atom. The molecule has 1 aliphatic rings. The summed E-state index contributed by atoms with van der Waals surface area (Å²) in [6.07, 6.45) is 2.11. The number of carbonyl (C=O) groups is 2. The first-order chi connectivity index (χ1) is 12.2. The lowest BCUT2D eigenvalue weighted by molar-refractivity contribution is -0.138. The van der Waals surface area contributed by atoms with Crippen LogP contribution in [0, 0.1) is 0 Å². The average molecular weight is 382 g/mol. The fraction of sp³-hybridized carbons (Fsp3) is 0.471. The number of phenolic OH excluding ortho intramolecular Hbond substituents is 1. The molecule has 1 saturated heterocycles. The van der Waals surface area contributed by atoms with Crippen molar-refractivity contribution in [3.63, 3.8) is 0 Å². The Kier molecular flexibility index (Phi) is 8.97. The van der Waals surface area contributed by atoms with Crippen LogP contribution in [0.25, 0.3) is 0 Å². The number of benzene rings is 1. The number of carboxylic acid groups (broad SMARTS) is 1. The molecular weight excluding hydrogens is 356 g/mol. The highest BCUT2D eigenvalue weighted by atomic mass is 32.1. The Labute approximate surface area is 158 Å². The highest BCUT2D eigenvalue weighted by Gasteiger charge is 2.26. The van der Waals surface area contributed by atoms with Crippen molar-refractivity contribution < 1.29 is 19.8 Å². The van der Waals surface area contributed by atoms with E-state index in [0.29, 0.717) is 5.11 Å². The molecule has 9 heteroatoms. The Morgan fingerprint density at radius 3 is 2.42 bits per heavy atom. The van der Waals surface area contributed by atoms with Gasteiger partial charge in [-0.3, -0.25) is 9.59 Å². The summed E-state index contributed by atoms with van der Waals surface area (Å²) in [6.45, 7) is 0.998. The van der Waals surface area contributed by atoms with Gasteiger partial charge in [-0.05, 0) is 69.8 Å². The third-order valence-corrected chi connectivity index (χ3v) is 3.89. The minimum atomic E-state index is -1.02. The molecule has 0 saturated carbocycles. The molecule has 0 aliphatic carbocycles. The SMILES string of the molecule is CN(C)CCCC1NC(=S)NC1=O.N[C@@H](Cc1ccc(O)cc1)C(=O)O. The topological polar surface area (TPSA) is 128 Å². The molecule has 26 heavy (non-hydrogen) atoms. The number of aliphatic carboxylic acids is 1. The molecule has 0 spiro atoms. The van der Waals surface area contributed by atoms with E-state index < -0.39 is 12.0 Å². The van der Waals surface area contributed by atoms with Gasteiger partial charge in [0.2, 0.25) is 5.91 Å². The average Bonchev–Trinajstić information content (AvgIpc) is 2.87. The number of nitrogens with zero attached hydrogens (tertiary/aromatic N) is 1. The van der Waals surface area contributed by atoms with Crippen LogP contribution in [-0.2, 0) is 16.0 Å². The summed E-state index contributed by atoms with van der Waals surface area (Å²) >= 11 is 4.82. The molecule has 1 amide bonds. The van der Waals surface area contributed by atoms with E-state index in [1.807, 2.05) is 14.1 Å². The molecule has 1 aliphatic heterocycles. The molecule has 0 aromatic heterocycles. The van der Waals surface area contributed by atoms with E-state index in [1.165, 1.54) is 12.1 Å². The molecule has 1 fully saturated rings. The Hall–Kier alpha value is -2.23. The number of aromatic hydroxyl groups is 1.